The second-order valence-corrected chi connectivity index (χ2v) is 7.99. The van der Waals surface area contributed by atoms with Gasteiger partial charge in [-0.05, 0) is 41.3 Å². The first kappa shape index (κ1) is 20.9. The van der Waals surface area contributed by atoms with Gasteiger partial charge in [-0.3, -0.25) is 9.69 Å². The number of benzene rings is 2. The number of carbonyl (C=O) groups excluding carboxylic acids is 2. The lowest BCUT2D eigenvalue weighted by Crippen LogP contribution is -2.49. The zero-order valence-electron chi connectivity index (χ0n) is 17.3. The number of nitrogens with zero attached hydrogens (tertiary/aromatic N) is 3. The number of phenolic OH excluding ortho intramolecular Hbond substituents is 1. The molecule has 31 heavy (non-hydrogen) atoms. The average molecular weight is 419 g/mol. The Labute approximate surface area is 181 Å². The number of aromatic hydroxyl groups is 1. The van der Waals surface area contributed by atoms with E-state index in [2.05, 4.69) is 11.0 Å². The van der Waals surface area contributed by atoms with Crippen LogP contribution >= 0.6 is 0 Å². The summed E-state index contributed by atoms with van der Waals surface area (Å²) in [5.74, 6) is -0.285. The number of phenols is 1. The number of ether oxygens (including phenoxy) is 1. The van der Waals surface area contributed by atoms with Crippen LogP contribution in [-0.2, 0) is 28.8 Å². The Morgan fingerprint density at radius 3 is 2.61 bits per heavy atom. The molecule has 2 aromatic carbocycles. The van der Waals surface area contributed by atoms with Crippen molar-refractivity contribution < 1.29 is 19.4 Å². The van der Waals surface area contributed by atoms with Gasteiger partial charge in [-0.1, -0.05) is 18.2 Å². The molecule has 7 heteroatoms. The number of hydrogen-bond acceptors (Lipinski definition) is 6. The largest absolute Gasteiger partial charge is 0.507 e. The minimum Gasteiger partial charge on any atom is -0.507 e. The minimum atomic E-state index is -0.232. The molecule has 0 radical (unpaired) electrons. The van der Waals surface area contributed by atoms with Crippen LogP contribution in [0, 0.1) is 11.3 Å². The summed E-state index contributed by atoms with van der Waals surface area (Å²) in [5.41, 5.74) is 3.88. The van der Waals surface area contributed by atoms with E-state index in [1.54, 1.807) is 12.1 Å². The van der Waals surface area contributed by atoms with E-state index in [4.69, 9.17) is 10.00 Å². The van der Waals surface area contributed by atoms with Gasteiger partial charge in [0, 0.05) is 39.1 Å². The Hall–Kier alpha value is -3.37. The highest BCUT2D eigenvalue weighted by Crippen LogP contribution is 2.20. The zero-order chi connectivity index (χ0) is 21.8. The van der Waals surface area contributed by atoms with E-state index >= 15 is 0 Å². The first-order valence-corrected chi connectivity index (χ1v) is 10.5. The lowest BCUT2D eigenvalue weighted by Gasteiger charge is -2.35. The summed E-state index contributed by atoms with van der Waals surface area (Å²) in [6, 6.07) is 12.6. The molecule has 0 saturated carbocycles. The minimum absolute atomic E-state index is 0.0327. The van der Waals surface area contributed by atoms with Crippen LogP contribution in [-0.4, -0.2) is 66.1 Å². The Bertz CT molecular complexity index is 1040. The van der Waals surface area contributed by atoms with Gasteiger partial charge in [-0.25, -0.2) is 4.79 Å². The van der Waals surface area contributed by atoms with Crippen LogP contribution in [0.4, 0.5) is 0 Å². The smallest absolute Gasteiger partial charge is 0.338 e. The highest BCUT2D eigenvalue weighted by atomic mass is 16.5. The summed E-state index contributed by atoms with van der Waals surface area (Å²) in [6.45, 7) is 4.36. The molecule has 0 bridgehead atoms. The summed E-state index contributed by atoms with van der Waals surface area (Å²) < 4.78 is 5.08. The van der Waals surface area contributed by atoms with Crippen molar-refractivity contribution in [2.75, 3.05) is 39.3 Å². The molecule has 2 aliphatic rings. The fourth-order valence-electron chi connectivity index (χ4n) is 4.12. The number of cyclic esters (lactones) is 1. The third-order valence-corrected chi connectivity index (χ3v) is 5.97. The van der Waals surface area contributed by atoms with Crippen LogP contribution < -0.4 is 0 Å². The SMILES string of the molecule is N#Cc1ccc(CC(=O)N2CCN(CCc3ccc4c(c3)CCOC4=O)CC2)cc1O. The van der Waals surface area contributed by atoms with Crippen molar-refractivity contribution in [3.8, 4) is 11.8 Å². The maximum Gasteiger partial charge on any atom is 0.338 e. The van der Waals surface area contributed by atoms with Crippen LogP contribution in [0.5, 0.6) is 5.75 Å². The molecule has 4 rings (SSSR count). The number of fused-ring (bicyclic) bond motifs is 1. The first-order chi connectivity index (χ1) is 15.0. The van der Waals surface area contributed by atoms with Gasteiger partial charge in [-0.2, -0.15) is 5.26 Å². The van der Waals surface area contributed by atoms with Gasteiger partial charge >= 0.3 is 5.97 Å². The van der Waals surface area contributed by atoms with E-state index in [1.807, 2.05) is 23.1 Å². The topological polar surface area (TPSA) is 93.9 Å². The molecule has 0 unspecified atom stereocenters. The van der Waals surface area contributed by atoms with Crippen LogP contribution in [0.15, 0.2) is 36.4 Å². The molecule has 1 amide bonds. The van der Waals surface area contributed by atoms with E-state index in [9.17, 15) is 14.7 Å². The molecule has 160 valence electrons. The number of hydrogen-bond donors (Lipinski definition) is 1. The predicted molar refractivity (Wildman–Crippen MR) is 114 cm³/mol. The molecule has 7 nitrogen and oxygen atoms in total. The number of esters is 1. The molecule has 1 N–H and O–H groups in total. The lowest BCUT2D eigenvalue weighted by molar-refractivity contribution is -0.132. The molecular weight excluding hydrogens is 394 g/mol. The number of amides is 1. The standard InChI is InChI=1S/C24H25N3O4/c25-16-20-3-1-18(14-22(20)28)15-23(29)27-10-8-26(9-11-27)7-5-17-2-4-21-19(13-17)6-12-31-24(21)30/h1-4,13-14,28H,5-12,15H2. The van der Waals surface area contributed by atoms with Gasteiger partial charge in [0.1, 0.15) is 11.8 Å². The van der Waals surface area contributed by atoms with Gasteiger partial charge in [0.2, 0.25) is 5.91 Å². The van der Waals surface area contributed by atoms with Gasteiger partial charge in [0.25, 0.3) is 0 Å². The quantitative estimate of drug-likeness (QED) is 0.744. The lowest BCUT2D eigenvalue weighted by atomic mass is 9.98. The van der Waals surface area contributed by atoms with Crippen LogP contribution in [0.3, 0.4) is 0 Å². The number of rotatable bonds is 5. The van der Waals surface area contributed by atoms with Crippen molar-refractivity contribution in [3.63, 3.8) is 0 Å². The molecule has 1 saturated heterocycles. The van der Waals surface area contributed by atoms with Crippen molar-refractivity contribution in [1.82, 2.24) is 9.80 Å². The summed E-state index contributed by atoms with van der Waals surface area (Å²) in [5, 5.41) is 18.7. The number of carbonyl (C=O) groups is 2. The van der Waals surface area contributed by atoms with Gasteiger partial charge in [0.05, 0.1) is 24.2 Å². The van der Waals surface area contributed by atoms with Crippen LogP contribution in [0.25, 0.3) is 0 Å². The van der Waals surface area contributed by atoms with E-state index in [-0.39, 0.29) is 29.6 Å². The molecule has 0 spiro atoms. The molecule has 0 atom stereocenters. The second-order valence-electron chi connectivity index (χ2n) is 7.99. The van der Waals surface area contributed by atoms with E-state index in [0.29, 0.717) is 30.8 Å². The Morgan fingerprint density at radius 2 is 1.87 bits per heavy atom. The normalized spacial score (nSPS) is 16.4. The van der Waals surface area contributed by atoms with Crippen molar-refractivity contribution in [1.29, 1.82) is 5.26 Å². The van der Waals surface area contributed by atoms with Crippen molar-refractivity contribution in [2.45, 2.75) is 19.3 Å². The van der Waals surface area contributed by atoms with E-state index in [1.165, 1.54) is 11.6 Å². The second kappa shape index (κ2) is 9.19. The highest BCUT2D eigenvalue weighted by Gasteiger charge is 2.22. The van der Waals surface area contributed by atoms with E-state index in [0.717, 1.165) is 38.0 Å². The van der Waals surface area contributed by atoms with Gasteiger partial charge in [0.15, 0.2) is 0 Å². The first-order valence-electron chi connectivity index (χ1n) is 10.5. The molecule has 0 aliphatic carbocycles. The molecule has 2 heterocycles. The summed E-state index contributed by atoms with van der Waals surface area (Å²) >= 11 is 0. The molecule has 2 aromatic rings. The molecule has 0 aromatic heterocycles. The highest BCUT2D eigenvalue weighted by molar-refractivity contribution is 5.92. The fraction of sp³-hybridized carbons (Fsp3) is 0.375. The Kier molecular flexibility index (Phi) is 6.19. The average Bonchev–Trinajstić information content (AvgIpc) is 2.78. The summed E-state index contributed by atoms with van der Waals surface area (Å²) in [6.07, 6.45) is 1.89. The summed E-state index contributed by atoms with van der Waals surface area (Å²) in [7, 11) is 0. The van der Waals surface area contributed by atoms with Crippen LogP contribution in [0.1, 0.15) is 32.6 Å². The van der Waals surface area contributed by atoms with Gasteiger partial charge in [-0.15, -0.1) is 0 Å². The maximum absolute atomic E-state index is 12.6. The molecule has 2 aliphatic heterocycles. The number of nitriles is 1. The third-order valence-electron chi connectivity index (χ3n) is 5.97. The molecule has 1 fully saturated rings. The third kappa shape index (κ3) is 4.86. The fourth-order valence-corrected chi connectivity index (χ4v) is 4.12. The van der Waals surface area contributed by atoms with Crippen molar-refractivity contribution in [2.24, 2.45) is 0 Å². The monoisotopic (exact) mass is 419 g/mol. The van der Waals surface area contributed by atoms with Crippen LogP contribution in [0.2, 0.25) is 0 Å². The maximum atomic E-state index is 12.6. The number of piperazine rings is 1. The predicted octanol–water partition coefficient (Wildman–Crippen LogP) is 1.91. The zero-order valence-corrected chi connectivity index (χ0v) is 17.3. The van der Waals surface area contributed by atoms with Gasteiger partial charge < -0.3 is 14.7 Å². The Balaban J connectivity index is 1.25. The van der Waals surface area contributed by atoms with Crippen molar-refractivity contribution >= 4 is 11.9 Å². The van der Waals surface area contributed by atoms with E-state index < -0.39 is 0 Å². The Morgan fingerprint density at radius 1 is 1.10 bits per heavy atom. The summed E-state index contributed by atoms with van der Waals surface area (Å²) in [4.78, 5) is 28.6. The van der Waals surface area contributed by atoms with Crippen molar-refractivity contribution in [3.05, 3.63) is 64.2 Å². The molecular formula is C24H25N3O4.